The summed E-state index contributed by atoms with van der Waals surface area (Å²) >= 11 is 2.93. The summed E-state index contributed by atoms with van der Waals surface area (Å²) in [6.45, 7) is 0. The van der Waals surface area contributed by atoms with E-state index >= 15 is 0 Å². The summed E-state index contributed by atoms with van der Waals surface area (Å²) in [5, 5.41) is 8.26. The molecule has 1 atom stereocenters. The largest absolute Gasteiger partial charge is 0.479 e. The van der Waals surface area contributed by atoms with Gasteiger partial charge >= 0.3 is 5.97 Å². The molecule has 8 heavy (non-hydrogen) atoms. The number of hydrogen-bond acceptors (Lipinski definition) is 2. The Morgan fingerprint density at radius 3 is 2.12 bits per heavy atom. The fraction of sp³-hybridized carbons (Fsp3) is 0.750. The molecule has 0 saturated carbocycles. The van der Waals surface area contributed by atoms with Crippen LogP contribution in [0.3, 0.4) is 0 Å². The first-order valence-electron chi connectivity index (χ1n) is 2.09. The van der Waals surface area contributed by atoms with E-state index < -0.39 is 10.9 Å². The van der Waals surface area contributed by atoms with E-state index in [0.29, 0.717) is 0 Å². The molecule has 0 fully saturated rings. The zero-order valence-corrected chi connectivity index (χ0v) is 6.34. The number of carbonyl (C=O) groups is 1. The predicted molar refractivity (Wildman–Crippen MR) is 34.0 cm³/mol. The third-order valence-electron chi connectivity index (χ3n) is 0.657. The highest BCUT2D eigenvalue weighted by atomic mass is 79.9. The maximum Gasteiger partial charge on any atom is 0.332 e. The minimum atomic E-state index is -0.866. The molecule has 0 spiro atoms. The Bertz CT molecular complexity index is 94.0. The van der Waals surface area contributed by atoms with Crippen molar-refractivity contribution in [1.82, 2.24) is 4.90 Å². The van der Waals surface area contributed by atoms with Gasteiger partial charge in [0.2, 0.25) is 0 Å². The Morgan fingerprint density at radius 1 is 1.75 bits per heavy atom. The van der Waals surface area contributed by atoms with Crippen LogP contribution in [0, 0.1) is 0 Å². The molecule has 0 aliphatic rings. The Balaban J connectivity index is 3.64. The van der Waals surface area contributed by atoms with Gasteiger partial charge in [0, 0.05) is 0 Å². The van der Waals surface area contributed by atoms with Crippen LogP contribution in [0.2, 0.25) is 0 Å². The SMILES string of the molecule is CN(C)[C@@H](Br)C(=O)O. The third-order valence-corrected chi connectivity index (χ3v) is 1.87. The second kappa shape index (κ2) is 3.04. The summed E-state index contributed by atoms with van der Waals surface area (Å²) in [7, 11) is 3.38. The van der Waals surface area contributed by atoms with E-state index in [2.05, 4.69) is 15.9 Å². The zero-order valence-electron chi connectivity index (χ0n) is 4.76. The Kier molecular flexibility index (Phi) is 3.01. The summed E-state index contributed by atoms with van der Waals surface area (Å²) in [6.07, 6.45) is 0. The number of halogens is 1. The molecule has 0 aliphatic carbocycles. The van der Waals surface area contributed by atoms with Gasteiger partial charge in [0.25, 0.3) is 0 Å². The van der Waals surface area contributed by atoms with E-state index in [1.54, 1.807) is 19.0 Å². The van der Waals surface area contributed by atoms with Crippen LogP contribution in [0.5, 0.6) is 0 Å². The number of hydrogen-bond donors (Lipinski definition) is 1. The first-order chi connectivity index (χ1) is 3.55. The first kappa shape index (κ1) is 7.91. The number of carboxylic acids is 1. The number of likely N-dealkylation sites (N-methyl/N-ethyl adjacent to an activating group) is 1. The fourth-order valence-corrected chi connectivity index (χ4v) is 0.221. The summed E-state index contributed by atoms with van der Waals surface area (Å²) in [5.41, 5.74) is 0. The standard InChI is InChI=1S/C4H8BrNO2/c1-6(2)3(5)4(7)8/h3H,1-2H3,(H,7,8)/t3-/m1/s1. The summed E-state index contributed by atoms with van der Waals surface area (Å²) in [6, 6.07) is 0. The highest BCUT2D eigenvalue weighted by Gasteiger charge is 2.13. The van der Waals surface area contributed by atoms with Crippen molar-refractivity contribution in [2.45, 2.75) is 4.95 Å². The van der Waals surface area contributed by atoms with Crippen LogP contribution in [0.1, 0.15) is 0 Å². The fourth-order valence-electron chi connectivity index (χ4n) is 0.221. The molecular formula is C4H8BrNO2. The van der Waals surface area contributed by atoms with Crippen LogP contribution in [0.15, 0.2) is 0 Å². The van der Waals surface area contributed by atoms with Crippen LogP contribution >= 0.6 is 15.9 Å². The second-order valence-electron chi connectivity index (χ2n) is 1.64. The zero-order chi connectivity index (χ0) is 6.73. The topological polar surface area (TPSA) is 40.5 Å². The minimum absolute atomic E-state index is 0.567. The molecular weight excluding hydrogens is 174 g/mol. The molecule has 0 aliphatic heterocycles. The maximum absolute atomic E-state index is 10.1. The number of nitrogens with zero attached hydrogens (tertiary/aromatic N) is 1. The van der Waals surface area contributed by atoms with Gasteiger partial charge in [-0.3, -0.25) is 4.90 Å². The van der Waals surface area contributed by atoms with E-state index in [9.17, 15) is 4.79 Å². The molecule has 0 heterocycles. The van der Waals surface area contributed by atoms with Crippen LogP contribution in [-0.2, 0) is 4.79 Å². The Labute approximate surface area is 56.4 Å². The van der Waals surface area contributed by atoms with Crippen molar-refractivity contribution >= 4 is 21.9 Å². The minimum Gasteiger partial charge on any atom is -0.479 e. The molecule has 0 saturated heterocycles. The number of aliphatic carboxylic acids is 1. The van der Waals surface area contributed by atoms with Gasteiger partial charge in [-0.1, -0.05) is 15.9 Å². The van der Waals surface area contributed by atoms with E-state index in [4.69, 9.17) is 5.11 Å². The molecule has 0 bridgehead atoms. The van der Waals surface area contributed by atoms with Gasteiger partial charge < -0.3 is 5.11 Å². The average molecular weight is 182 g/mol. The molecule has 0 radical (unpaired) electrons. The lowest BCUT2D eigenvalue weighted by atomic mass is 10.6. The van der Waals surface area contributed by atoms with Gasteiger partial charge in [-0.05, 0) is 14.1 Å². The predicted octanol–water partition coefficient (Wildman–Crippen LogP) is 0.354. The van der Waals surface area contributed by atoms with E-state index in [1.807, 2.05) is 0 Å². The van der Waals surface area contributed by atoms with Crippen LogP contribution in [-0.4, -0.2) is 35.0 Å². The molecule has 0 aromatic carbocycles. The van der Waals surface area contributed by atoms with Crippen LogP contribution in [0.4, 0.5) is 0 Å². The van der Waals surface area contributed by atoms with Crippen molar-refractivity contribution in [1.29, 1.82) is 0 Å². The highest BCUT2D eigenvalue weighted by molar-refractivity contribution is 9.09. The molecule has 0 aromatic rings. The summed E-state index contributed by atoms with van der Waals surface area (Å²) in [4.78, 5) is 11.0. The van der Waals surface area contributed by atoms with Gasteiger partial charge in [-0.2, -0.15) is 0 Å². The molecule has 48 valence electrons. The summed E-state index contributed by atoms with van der Waals surface area (Å²) < 4.78 is 0. The lowest BCUT2D eigenvalue weighted by Gasteiger charge is -2.11. The molecule has 0 unspecified atom stereocenters. The second-order valence-corrected chi connectivity index (χ2v) is 2.50. The molecule has 4 heteroatoms. The molecule has 0 aromatic heterocycles. The smallest absolute Gasteiger partial charge is 0.332 e. The van der Waals surface area contributed by atoms with Gasteiger partial charge in [-0.15, -0.1) is 0 Å². The number of carboxylic acid groups (broad SMARTS) is 1. The van der Waals surface area contributed by atoms with E-state index in [1.165, 1.54) is 0 Å². The van der Waals surface area contributed by atoms with Gasteiger partial charge in [0.1, 0.15) is 0 Å². The first-order valence-corrected chi connectivity index (χ1v) is 3.00. The van der Waals surface area contributed by atoms with Gasteiger partial charge in [0.05, 0.1) is 0 Å². The lowest BCUT2D eigenvalue weighted by Crippen LogP contribution is -2.29. The van der Waals surface area contributed by atoms with E-state index in [0.717, 1.165) is 0 Å². The highest BCUT2D eigenvalue weighted by Crippen LogP contribution is 2.00. The third kappa shape index (κ3) is 2.28. The molecule has 1 N–H and O–H groups in total. The molecule has 3 nitrogen and oxygen atoms in total. The van der Waals surface area contributed by atoms with Crippen molar-refractivity contribution in [2.24, 2.45) is 0 Å². The van der Waals surface area contributed by atoms with Crippen molar-refractivity contribution in [3.8, 4) is 0 Å². The van der Waals surface area contributed by atoms with Gasteiger partial charge in [-0.25, -0.2) is 4.79 Å². The maximum atomic E-state index is 10.1. The molecule has 0 amide bonds. The Hall–Kier alpha value is -0.0900. The van der Waals surface area contributed by atoms with Crippen molar-refractivity contribution in [3.05, 3.63) is 0 Å². The average Bonchev–Trinajstić information content (AvgIpc) is 1.64. The van der Waals surface area contributed by atoms with Crippen molar-refractivity contribution in [3.63, 3.8) is 0 Å². The van der Waals surface area contributed by atoms with E-state index in [-0.39, 0.29) is 0 Å². The lowest BCUT2D eigenvalue weighted by molar-refractivity contribution is -0.138. The summed E-state index contributed by atoms with van der Waals surface area (Å²) in [5.74, 6) is -0.866. The van der Waals surface area contributed by atoms with Crippen molar-refractivity contribution < 1.29 is 9.90 Å². The van der Waals surface area contributed by atoms with Gasteiger partial charge in [0.15, 0.2) is 4.95 Å². The number of alkyl halides is 1. The number of rotatable bonds is 2. The monoisotopic (exact) mass is 181 g/mol. The van der Waals surface area contributed by atoms with Crippen LogP contribution < -0.4 is 0 Å². The van der Waals surface area contributed by atoms with Crippen LogP contribution in [0.25, 0.3) is 0 Å². The normalized spacial score (nSPS) is 14.0. The molecule has 0 rings (SSSR count). The Morgan fingerprint density at radius 2 is 2.12 bits per heavy atom. The quantitative estimate of drug-likeness (QED) is 0.494. The van der Waals surface area contributed by atoms with Crippen molar-refractivity contribution in [2.75, 3.05) is 14.1 Å².